The van der Waals surface area contributed by atoms with Crippen molar-refractivity contribution in [1.82, 2.24) is 4.90 Å². The summed E-state index contributed by atoms with van der Waals surface area (Å²) in [5, 5.41) is 6.40. The molecule has 0 bridgehead atoms. The summed E-state index contributed by atoms with van der Waals surface area (Å²) < 4.78 is 10.8. The Kier molecular flexibility index (Phi) is 7.73. The highest BCUT2D eigenvalue weighted by molar-refractivity contribution is 6.31. The fraction of sp³-hybridized carbons (Fsp3) is 0.276. The normalized spacial score (nSPS) is 14.5. The molecule has 1 unspecified atom stereocenters. The number of rotatable bonds is 10. The van der Waals surface area contributed by atoms with E-state index in [4.69, 9.17) is 9.47 Å². The molecule has 0 saturated carbocycles. The number of carbonyl (C=O) groups excluding carboxylic acids is 1. The Hall–Kier alpha value is -3.77. The van der Waals surface area contributed by atoms with Crippen molar-refractivity contribution in [3.05, 3.63) is 89.5 Å². The molecule has 4 rings (SSSR count). The predicted octanol–water partition coefficient (Wildman–Crippen LogP) is 5.56. The molecule has 2 N–H and O–H groups in total. The second-order valence-electron chi connectivity index (χ2n) is 8.71. The van der Waals surface area contributed by atoms with Gasteiger partial charge in [-0.3, -0.25) is 9.69 Å². The lowest BCUT2D eigenvalue weighted by Crippen LogP contribution is -2.22. The average Bonchev–Trinajstić information content (AvgIpc) is 3.17. The Bertz CT molecular complexity index is 1190. The van der Waals surface area contributed by atoms with E-state index in [1.807, 2.05) is 25.1 Å². The van der Waals surface area contributed by atoms with Crippen LogP contribution in [0.3, 0.4) is 0 Å². The fourth-order valence-electron chi connectivity index (χ4n) is 4.32. The van der Waals surface area contributed by atoms with Crippen LogP contribution < -0.4 is 20.1 Å². The number of nitrogens with one attached hydrogen (secondary N) is 2. The average molecular weight is 472 g/mol. The van der Waals surface area contributed by atoms with Crippen LogP contribution >= 0.6 is 0 Å². The van der Waals surface area contributed by atoms with Crippen molar-refractivity contribution in [3.8, 4) is 11.5 Å². The van der Waals surface area contributed by atoms with Gasteiger partial charge in [-0.15, -0.1) is 0 Å². The van der Waals surface area contributed by atoms with Crippen molar-refractivity contribution in [1.29, 1.82) is 0 Å². The van der Waals surface area contributed by atoms with E-state index in [9.17, 15) is 4.79 Å². The Balaban J connectivity index is 1.42. The monoisotopic (exact) mass is 471 g/mol. The summed E-state index contributed by atoms with van der Waals surface area (Å²) in [6.45, 7) is 7.04. The van der Waals surface area contributed by atoms with Gasteiger partial charge >= 0.3 is 0 Å². The van der Waals surface area contributed by atoms with Crippen molar-refractivity contribution in [2.24, 2.45) is 0 Å². The van der Waals surface area contributed by atoms with Crippen molar-refractivity contribution >= 4 is 22.9 Å². The Morgan fingerprint density at radius 2 is 1.57 bits per heavy atom. The zero-order valence-corrected chi connectivity index (χ0v) is 20.8. The zero-order chi connectivity index (χ0) is 24.8. The van der Waals surface area contributed by atoms with Gasteiger partial charge in [0.1, 0.15) is 0 Å². The summed E-state index contributed by atoms with van der Waals surface area (Å²) in [6, 6.07) is 22.6. The van der Waals surface area contributed by atoms with Gasteiger partial charge in [0.2, 0.25) is 0 Å². The first kappa shape index (κ1) is 24.4. The minimum atomic E-state index is -0.127. The first-order chi connectivity index (χ1) is 17.0. The van der Waals surface area contributed by atoms with E-state index in [0.29, 0.717) is 17.1 Å². The first-order valence-corrected chi connectivity index (χ1v) is 11.9. The number of methoxy groups -OCH3 is 2. The summed E-state index contributed by atoms with van der Waals surface area (Å²) in [4.78, 5) is 15.1. The van der Waals surface area contributed by atoms with Gasteiger partial charge in [-0.2, -0.15) is 0 Å². The largest absolute Gasteiger partial charge is 0.493 e. The molecule has 1 aliphatic heterocycles. The van der Waals surface area contributed by atoms with Crippen molar-refractivity contribution in [2.75, 3.05) is 31.4 Å². The topological polar surface area (TPSA) is 62.8 Å². The molecule has 1 heterocycles. The molecule has 0 radical (unpaired) electrons. The van der Waals surface area contributed by atoms with Gasteiger partial charge in [0.25, 0.3) is 5.91 Å². The third-order valence-corrected chi connectivity index (χ3v) is 6.17. The maximum Gasteiger partial charge on any atom is 0.256 e. The summed E-state index contributed by atoms with van der Waals surface area (Å²) in [5.74, 6) is 1.06. The van der Waals surface area contributed by atoms with Gasteiger partial charge in [-0.25, -0.2) is 0 Å². The molecule has 1 aliphatic rings. The van der Waals surface area contributed by atoms with Gasteiger partial charge in [-0.05, 0) is 48.9 Å². The van der Waals surface area contributed by atoms with Crippen molar-refractivity contribution in [2.45, 2.75) is 33.0 Å². The number of ether oxygens (including phenoxy) is 2. The summed E-state index contributed by atoms with van der Waals surface area (Å²) in [5.41, 5.74) is 5.76. The van der Waals surface area contributed by atoms with Gasteiger partial charge in [-0.1, -0.05) is 49.4 Å². The lowest BCUT2D eigenvalue weighted by Gasteiger charge is -2.21. The minimum absolute atomic E-state index is 0.0501. The summed E-state index contributed by atoms with van der Waals surface area (Å²) >= 11 is 0. The van der Waals surface area contributed by atoms with Gasteiger partial charge < -0.3 is 20.1 Å². The molecule has 6 heteroatoms. The van der Waals surface area contributed by atoms with Crippen LogP contribution in [0.5, 0.6) is 11.5 Å². The van der Waals surface area contributed by atoms with Crippen LogP contribution in [0.25, 0.3) is 5.57 Å². The smallest absolute Gasteiger partial charge is 0.256 e. The number of benzene rings is 3. The maximum absolute atomic E-state index is 12.6. The maximum atomic E-state index is 12.6. The van der Waals surface area contributed by atoms with Crippen molar-refractivity contribution < 1.29 is 14.3 Å². The van der Waals surface area contributed by atoms with Crippen LogP contribution in [0.15, 0.2) is 72.8 Å². The molecule has 6 nitrogen and oxygen atoms in total. The minimum Gasteiger partial charge on any atom is -0.493 e. The molecule has 0 spiro atoms. The third kappa shape index (κ3) is 5.84. The Morgan fingerprint density at radius 1 is 0.943 bits per heavy atom. The number of anilines is 2. The van der Waals surface area contributed by atoms with Crippen LogP contribution in [-0.4, -0.2) is 37.6 Å². The Morgan fingerprint density at radius 3 is 2.20 bits per heavy atom. The lowest BCUT2D eigenvalue weighted by atomic mass is 10.0. The van der Waals surface area contributed by atoms with E-state index < -0.39 is 0 Å². The standard InChI is InChI=1S/C29H33N3O3/c1-5-32(18-21-9-7-6-8-10-21)19-22-11-13-23(14-12-22)30-20(2)15-25-24-16-27(34-3)28(35-4)17-26(24)31-29(25)33/h6-17,20,30H,5,18-19H2,1-4H3,(H,31,33). The van der Waals surface area contributed by atoms with Crippen LogP contribution in [0.4, 0.5) is 11.4 Å². The van der Waals surface area contributed by atoms with Crippen LogP contribution in [-0.2, 0) is 17.9 Å². The van der Waals surface area contributed by atoms with E-state index >= 15 is 0 Å². The summed E-state index contributed by atoms with van der Waals surface area (Å²) in [6.07, 6.45) is 1.94. The van der Waals surface area contributed by atoms with Crippen LogP contribution in [0, 0.1) is 0 Å². The number of carbonyl (C=O) groups is 1. The number of amides is 1. The third-order valence-electron chi connectivity index (χ3n) is 6.17. The van der Waals surface area contributed by atoms with Gasteiger partial charge in [0.15, 0.2) is 11.5 Å². The molecule has 0 aromatic heterocycles. The van der Waals surface area contributed by atoms with Crippen LogP contribution in [0.2, 0.25) is 0 Å². The zero-order valence-electron chi connectivity index (χ0n) is 20.8. The van der Waals surface area contributed by atoms with Crippen LogP contribution in [0.1, 0.15) is 30.5 Å². The number of nitrogens with zero attached hydrogens (tertiary/aromatic N) is 1. The second-order valence-corrected chi connectivity index (χ2v) is 8.71. The first-order valence-electron chi connectivity index (χ1n) is 11.9. The molecular weight excluding hydrogens is 438 g/mol. The molecule has 0 fully saturated rings. The van der Waals surface area contributed by atoms with E-state index in [1.54, 1.807) is 20.3 Å². The number of hydrogen-bond acceptors (Lipinski definition) is 5. The highest BCUT2D eigenvalue weighted by Crippen LogP contribution is 2.40. The van der Waals surface area contributed by atoms with Gasteiger partial charge in [0.05, 0.1) is 19.9 Å². The number of fused-ring (bicyclic) bond motifs is 1. The molecule has 0 aliphatic carbocycles. The SMILES string of the molecule is CCN(Cc1ccccc1)Cc1ccc(NC(C)C=C2C(=O)Nc3cc(OC)c(OC)cc32)cc1. The van der Waals surface area contributed by atoms with E-state index in [-0.39, 0.29) is 11.9 Å². The fourth-order valence-corrected chi connectivity index (χ4v) is 4.32. The predicted molar refractivity (Wildman–Crippen MR) is 142 cm³/mol. The highest BCUT2D eigenvalue weighted by Gasteiger charge is 2.27. The lowest BCUT2D eigenvalue weighted by molar-refractivity contribution is -0.110. The molecule has 3 aromatic carbocycles. The second kappa shape index (κ2) is 11.1. The molecule has 0 saturated heterocycles. The number of hydrogen-bond donors (Lipinski definition) is 2. The molecule has 3 aromatic rings. The van der Waals surface area contributed by atoms with Gasteiger partial charge in [0, 0.05) is 42.0 Å². The highest BCUT2D eigenvalue weighted by atomic mass is 16.5. The molecular formula is C29H33N3O3. The van der Waals surface area contributed by atoms with E-state index in [1.165, 1.54) is 11.1 Å². The quantitative estimate of drug-likeness (QED) is 0.379. The molecule has 35 heavy (non-hydrogen) atoms. The van der Waals surface area contributed by atoms with E-state index in [0.717, 1.165) is 36.6 Å². The molecule has 182 valence electrons. The van der Waals surface area contributed by atoms with Crippen molar-refractivity contribution in [3.63, 3.8) is 0 Å². The Labute approximate surface area is 207 Å². The summed E-state index contributed by atoms with van der Waals surface area (Å²) in [7, 11) is 3.17. The molecule has 1 amide bonds. The molecule has 1 atom stereocenters. The van der Waals surface area contributed by atoms with E-state index in [2.05, 4.69) is 71.0 Å².